The van der Waals surface area contributed by atoms with Crippen LogP contribution >= 0.6 is 7.82 Å². The summed E-state index contributed by atoms with van der Waals surface area (Å²) in [6, 6.07) is 0. The lowest BCUT2D eigenvalue weighted by molar-refractivity contribution is -0.161. The first-order valence-corrected chi connectivity index (χ1v) is 18.2. The molecular weight excluding hydrogens is 543 g/mol. The smallest absolute Gasteiger partial charge is 0.462 e. The molecule has 0 amide bonds. The van der Waals surface area contributed by atoms with Gasteiger partial charge in [0.15, 0.2) is 6.10 Å². The summed E-state index contributed by atoms with van der Waals surface area (Å²) in [6.45, 7) is 5.92. The highest BCUT2D eigenvalue weighted by molar-refractivity contribution is 7.46. The van der Waals surface area contributed by atoms with Crippen molar-refractivity contribution < 1.29 is 37.9 Å². The van der Waals surface area contributed by atoms with Gasteiger partial charge in [0.25, 0.3) is 0 Å². The summed E-state index contributed by atoms with van der Waals surface area (Å²) in [5.74, 6) is -0.0542. The Labute approximate surface area is 251 Å². The number of phosphoric acid groups is 1. The molecule has 1 atom stereocenters. The third kappa shape index (κ3) is 31.8. The molecule has 0 fully saturated rings. The van der Waals surface area contributed by atoms with E-state index >= 15 is 0 Å². The number of unbranched alkanes of at least 4 members (excludes halogenated alkanes) is 18. The fourth-order valence-corrected chi connectivity index (χ4v) is 5.15. The van der Waals surface area contributed by atoms with E-state index in [1.165, 1.54) is 83.5 Å². The topological polar surface area (TPSA) is 119 Å². The van der Waals surface area contributed by atoms with E-state index in [9.17, 15) is 14.2 Å². The van der Waals surface area contributed by atoms with Crippen LogP contribution in [0.2, 0.25) is 0 Å². The van der Waals surface area contributed by atoms with Crippen LogP contribution in [0.1, 0.15) is 168 Å². The van der Waals surface area contributed by atoms with E-state index in [-0.39, 0.29) is 19.4 Å². The second-order valence-corrected chi connectivity index (χ2v) is 13.2. The second kappa shape index (κ2) is 27.9. The predicted octanol–water partition coefficient (Wildman–Crippen LogP) is 9.20. The van der Waals surface area contributed by atoms with Crippen molar-refractivity contribution in [2.45, 2.75) is 175 Å². The molecule has 8 nitrogen and oxygen atoms in total. The van der Waals surface area contributed by atoms with Crippen LogP contribution in [0, 0.1) is 5.92 Å². The molecule has 0 aliphatic rings. The summed E-state index contributed by atoms with van der Waals surface area (Å²) >= 11 is 0. The van der Waals surface area contributed by atoms with Crippen LogP contribution in [0.4, 0.5) is 0 Å². The van der Waals surface area contributed by atoms with Crippen LogP contribution < -0.4 is 0 Å². The Morgan fingerprint density at radius 3 is 1.46 bits per heavy atom. The van der Waals surface area contributed by atoms with Crippen LogP contribution in [0.15, 0.2) is 0 Å². The fourth-order valence-electron chi connectivity index (χ4n) is 4.79. The van der Waals surface area contributed by atoms with Crippen LogP contribution in [0.5, 0.6) is 0 Å². The van der Waals surface area contributed by atoms with Gasteiger partial charge in [-0.15, -0.1) is 0 Å². The van der Waals surface area contributed by atoms with Crippen molar-refractivity contribution in [2.75, 3.05) is 13.2 Å². The average molecular weight is 607 g/mol. The number of ether oxygens (including phenoxy) is 2. The molecule has 0 saturated heterocycles. The Morgan fingerprint density at radius 1 is 0.610 bits per heavy atom. The number of phosphoric ester groups is 1. The summed E-state index contributed by atoms with van der Waals surface area (Å²) in [5.41, 5.74) is 0. The van der Waals surface area contributed by atoms with Gasteiger partial charge < -0.3 is 19.3 Å². The van der Waals surface area contributed by atoms with Crippen LogP contribution in [-0.4, -0.2) is 41.0 Å². The van der Waals surface area contributed by atoms with E-state index in [2.05, 4.69) is 25.3 Å². The van der Waals surface area contributed by atoms with E-state index in [0.29, 0.717) is 6.42 Å². The molecule has 0 aromatic carbocycles. The first-order valence-electron chi connectivity index (χ1n) is 16.7. The summed E-state index contributed by atoms with van der Waals surface area (Å²) in [7, 11) is -4.73. The van der Waals surface area contributed by atoms with E-state index in [1.54, 1.807) is 0 Å². The minimum atomic E-state index is -4.73. The lowest BCUT2D eigenvalue weighted by atomic mass is 10.0. The average Bonchev–Trinajstić information content (AvgIpc) is 2.91. The molecule has 9 heteroatoms. The molecule has 0 rings (SSSR count). The molecule has 0 unspecified atom stereocenters. The molecule has 0 aromatic rings. The standard InChI is InChI=1S/C32H63O8P/c1-4-5-6-18-22-25-31(33)38-27-30(28-39-41(35,36)37)40-32(34)26-23-20-17-15-13-11-9-7-8-10-12-14-16-19-21-24-29(2)3/h29-30H,4-28H2,1-3H3,(H2,35,36,37)/t30-/m1/s1. The molecule has 0 spiro atoms. The van der Waals surface area contributed by atoms with Gasteiger partial charge in [-0.1, -0.05) is 143 Å². The number of carbonyl (C=O) groups is 2. The minimum Gasteiger partial charge on any atom is -0.462 e. The van der Waals surface area contributed by atoms with Crippen LogP contribution in [-0.2, 0) is 28.2 Å². The molecule has 0 bridgehead atoms. The van der Waals surface area contributed by atoms with Crippen molar-refractivity contribution >= 4 is 19.8 Å². The zero-order valence-electron chi connectivity index (χ0n) is 26.6. The summed E-state index contributed by atoms with van der Waals surface area (Å²) in [4.78, 5) is 42.2. The SMILES string of the molecule is CCCCCCCC(=O)OC[C@H](COP(=O)(O)O)OC(=O)CCCCCCCCCCCCCCCCCC(C)C. The maximum Gasteiger partial charge on any atom is 0.469 e. The van der Waals surface area contributed by atoms with Gasteiger partial charge in [0.05, 0.1) is 6.61 Å². The quantitative estimate of drug-likeness (QED) is 0.0472. The second-order valence-electron chi connectivity index (χ2n) is 12.0. The maximum atomic E-state index is 12.3. The fraction of sp³-hybridized carbons (Fsp3) is 0.938. The van der Waals surface area contributed by atoms with Crippen molar-refractivity contribution in [3.8, 4) is 0 Å². The largest absolute Gasteiger partial charge is 0.469 e. The zero-order valence-corrected chi connectivity index (χ0v) is 27.5. The molecule has 0 aliphatic carbocycles. The molecule has 2 N–H and O–H groups in total. The van der Waals surface area contributed by atoms with Crippen LogP contribution in [0.3, 0.4) is 0 Å². The Bertz CT molecular complexity index is 664. The lowest BCUT2D eigenvalue weighted by Gasteiger charge is -2.18. The highest BCUT2D eigenvalue weighted by Crippen LogP contribution is 2.36. The first kappa shape index (κ1) is 40.1. The van der Waals surface area contributed by atoms with Gasteiger partial charge in [-0.2, -0.15) is 0 Å². The van der Waals surface area contributed by atoms with E-state index in [1.807, 2.05) is 0 Å². The van der Waals surface area contributed by atoms with Crippen LogP contribution in [0.25, 0.3) is 0 Å². The summed E-state index contributed by atoms with van der Waals surface area (Å²) in [5, 5.41) is 0. The third-order valence-electron chi connectivity index (χ3n) is 7.30. The molecule has 244 valence electrons. The number of esters is 2. The minimum absolute atomic E-state index is 0.218. The Kier molecular flexibility index (Phi) is 27.2. The molecular formula is C32H63O8P. The van der Waals surface area contributed by atoms with Gasteiger partial charge >= 0.3 is 19.8 Å². The predicted molar refractivity (Wildman–Crippen MR) is 166 cm³/mol. The van der Waals surface area contributed by atoms with Gasteiger partial charge in [0.1, 0.15) is 6.61 Å². The van der Waals surface area contributed by atoms with E-state index < -0.39 is 32.5 Å². The van der Waals surface area contributed by atoms with Crippen molar-refractivity contribution in [1.82, 2.24) is 0 Å². The lowest BCUT2D eigenvalue weighted by Crippen LogP contribution is -2.29. The molecule has 0 aliphatic heterocycles. The normalized spacial score (nSPS) is 12.5. The first-order chi connectivity index (χ1) is 19.6. The highest BCUT2D eigenvalue weighted by atomic mass is 31.2. The molecule has 0 aromatic heterocycles. The van der Waals surface area contributed by atoms with Gasteiger partial charge in [-0.05, 0) is 18.8 Å². The van der Waals surface area contributed by atoms with Gasteiger partial charge in [-0.3, -0.25) is 14.1 Å². The number of carbonyl (C=O) groups excluding carboxylic acids is 2. The number of hydrogen-bond donors (Lipinski definition) is 2. The van der Waals surface area contributed by atoms with E-state index in [0.717, 1.165) is 50.9 Å². The highest BCUT2D eigenvalue weighted by Gasteiger charge is 2.22. The maximum absolute atomic E-state index is 12.3. The van der Waals surface area contributed by atoms with Crippen molar-refractivity contribution in [3.05, 3.63) is 0 Å². The summed E-state index contributed by atoms with van der Waals surface area (Å²) in [6.07, 6.45) is 24.5. The van der Waals surface area contributed by atoms with Gasteiger partial charge in [0, 0.05) is 12.8 Å². The number of rotatable bonds is 30. The van der Waals surface area contributed by atoms with Crippen molar-refractivity contribution in [2.24, 2.45) is 5.92 Å². The molecule has 0 heterocycles. The Morgan fingerprint density at radius 2 is 1.02 bits per heavy atom. The molecule has 0 radical (unpaired) electrons. The molecule has 0 saturated carbocycles. The molecule has 41 heavy (non-hydrogen) atoms. The monoisotopic (exact) mass is 606 g/mol. The third-order valence-corrected chi connectivity index (χ3v) is 7.79. The van der Waals surface area contributed by atoms with Crippen molar-refractivity contribution in [1.29, 1.82) is 0 Å². The number of hydrogen-bond acceptors (Lipinski definition) is 6. The Balaban J connectivity index is 3.83. The van der Waals surface area contributed by atoms with Gasteiger partial charge in [0.2, 0.25) is 0 Å². The Hall–Kier alpha value is -0.950. The summed E-state index contributed by atoms with van der Waals surface area (Å²) < 4.78 is 26.0. The zero-order chi connectivity index (χ0) is 30.6. The van der Waals surface area contributed by atoms with Crippen molar-refractivity contribution in [3.63, 3.8) is 0 Å². The van der Waals surface area contributed by atoms with Gasteiger partial charge in [-0.25, -0.2) is 4.57 Å². The van der Waals surface area contributed by atoms with E-state index in [4.69, 9.17) is 19.3 Å².